The zero-order chi connectivity index (χ0) is 15.5. The zero-order valence-electron chi connectivity index (χ0n) is 12.5. The summed E-state index contributed by atoms with van der Waals surface area (Å²) in [5.74, 6) is 1.09. The Morgan fingerprint density at radius 3 is 2.61 bits per heavy atom. The van der Waals surface area contributed by atoms with Gasteiger partial charge < -0.3 is 14.7 Å². The molecule has 4 rings (SSSR count). The molecule has 0 aliphatic carbocycles. The van der Waals surface area contributed by atoms with E-state index in [4.69, 9.17) is 4.42 Å². The highest BCUT2D eigenvalue weighted by Gasteiger charge is 2.10. The SMILES string of the molecule is c1ccc(CNCc2nnc(-c3cc4ccccc4[nH]3)o2)cc1. The Balaban J connectivity index is 1.44. The van der Waals surface area contributed by atoms with Gasteiger partial charge in [-0.15, -0.1) is 10.2 Å². The van der Waals surface area contributed by atoms with Gasteiger partial charge in [-0.3, -0.25) is 0 Å². The molecule has 0 unspecified atom stereocenters. The summed E-state index contributed by atoms with van der Waals surface area (Å²) in [6.07, 6.45) is 0. The molecule has 5 heteroatoms. The lowest BCUT2D eigenvalue weighted by Gasteiger charge is -2.01. The number of nitrogens with zero attached hydrogens (tertiary/aromatic N) is 2. The van der Waals surface area contributed by atoms with E-state index in [2.05, 4.69) is 32.6 Å². The lowest BCUT2D eigenvalue weighted by Crippen LogP contribution is -2.12. The van der Waals surface area contributed by atoms with Crippen LogP contribution in [0.2, 0.25) is 0 Å². The van der Waals surface area contributed by atoms with E-state index in [-0.39, 0.29) is 0 Å². The third kappa shape index (κ3) is 3.00. The quantitative estimate of drug-likeness (QED) is 0.592. The summed E-state index contributed by atoms with van der Waals surface area (Å²) in [4.78, 5) is 3.29. The van der Waals surface area contributed by atoms with Gasteiger partial charge in [-0.2, -0.15) is 0 Å². The number of hydrogen-bond donors (Lipinski definition) is 2. The maximum Gasteiger partial charge on any atom is 0.264 e. The van der Waals surface area contributed by atoms with Crippen LogP contribution in [-0.4, -0.2) is 15.2 Å². The highest BCUT2D eigenvalue weighted by molar-refractivity contribution is 5.84. The minimum atomic E-state index is 0.512. The maximum atomic E-state index is 5.72. The molecule has 2 aromatic carbocycles. The molecule has 0 aliphatic heterocycles. The summed E-state index contributed by atoms with van der Waals surface area (Å²) in [7, 11) is 0. The van der Waals surface area contributed by atoms with E-state index < -0.39 is 0 Å². The van der Waals surface area contributed by atoms with Gasteiger partial charge >= 0.3 is 0 Å². The van der Waals surface area contributed by atoms with Crippen LogP contribution in [0.3, 0.4) is 0 Å². The van der Waals surface area contributed by atoms with E-state index in [1.54, 1.807) is 0 Å². The van der Waals surface area contributed by atoms with Gasteiger partial charge in [0, 0.05) is 17.4 Å². The second-order valence-electron chi connectivity index (χ2n) is 5.36. The lowest BCUT2D eigenvalue weighted by molar-refractivity contribution is 0.476. The van der Waals surface area contributed by atoms with Crippen molar-refractivity contribution < 1.29 is 4.42 Å². The summed E-state index contributed by atoms with van der Waals surface area (Å²) in [6, 6.07) is 20.3. The molecule has 2 N–H and O–H groups in total. The number of hydrogen-bond acceptors (Lipinski definition) is 4. The molecular formula is C18H16N4O. The Morgan fingerprint density at radius 1 is 0.913 bits per heavy atom. The van der Waals surface area contributed by atoms with Gasteiger partial charge in [0.1, 0.15) is 5.69 Å². The molecule has 0 bridgehead atoms. The second kappa shape index (κ2) is 6.06. The predicted molar refractivity (Wildman–Crippen MR) is 88.6 cm³/mol. The van der Waals surface area contributed by atoms with Crippen LogP contribution in [0.4, 0.5) is 0 Å². The molecule has 0 aliphatic rings. The Morgan fingerprint density at radius 2 is 1.74 bits per heavy atom. The fourth-order valence-corrected chi connectivity index (χ4v) is 2.53. The first kappa shape index (κ1) is 13.7. The number of aromatic amines is 1. The van der Waals surface area contributed by atoms with Gasteiger partial charge in [0.15, 0.2) is 0 Å². The number of aromatic nitrogens is 3. The van der Waals surface area contributed by atoms with E-state index in [9.17, 15) is 0 Å². The Hall–Kier alpha value is -2.92. The average molecular weight is 304 g/mol. The Bertz CT molecular complexity index is 878. The van der Waals surface area contributed by atoms with Crippen LogP contribution in [-0.2, 0) is 13.1 Å². The van der Waals surface area contributed by atoms with Crippen molar-refractivity contribution in [3.63, 3.8) is 0 Å². The molecule has 0 atom stereocenters. The molecule has 0 amide bonds. The van der Waals surface area contributed by atoms with E-state index in [1.807, 2.05) is 48.5 Å². The number of H-pyrrole nitrogens is 1. The zero-order valence-corrected chi connectivity index (χ0v) is 12.5. The van der Waals surface area contributed by atoms with Gasteiger partial charge in [-0.25, -0.2) is 0 Å². The number of benzene rings is 2. The van der Waals surface area contributed by atoms with Crippen molar-refractivity contribution in [2.24, 2.45) is 0 Å². The Labute approximate surface area is 133 Å². The van der Waals surface area contributed by atoms with Crippen molar-refractivity contribution >= 4 is 10.9 Å². The van der Waals surface area contributed by atoms with Crippen LogP contribution in [0.15, 0.2) is 65.1 Å². The number of para-hydroxylation sites is 1. The van der Waals surface area contributed by atoms with Gasteiger partial charge in [0.2, 0.25) is 5.89 Å². The number of nitrogens with one attached hydrogen (secondary N) is 2. The molecule has 23 heavy (non-hydrogen) atoms. The summed E-state index contributed by atoms with van der Waals surface area (Å²) < 4.78 is 5.72. The molecule has 4 aromatic rings. The molecule has 2 heterocycles. The fourth-order valence-electron chi connectivity index (χ4n) is 2.53. The van der Waals surface area contributed by atoms with Crippen LogP contribution in [0, 0.1) is 0 Å². The van der Waals surface area contributed by atoms with Crippen molar-refractivity contribution in [3.05, 3.63) is 72.1 Å². The summed E-state index contributed by atoms with van der Waals surface area (Å²) in [6.45, 7) is 1.31. The van der Waals surface area contributed by atoms with Crippen LogP contribution in [0.25, 0.3) is 22.5 Å². The first-order chi connectivity index (χ1) is 11.4. The van der Waals surface area contributed by atoms with E-state index in [0.29, 0.717) is 18.3 Å². The predicted octanol–water partition coefficient (Wildman–Crippen LogP) is 3.51. The second-order valence-corrected chi connectivity index (χ2v) is 5.36. The normalized spacial score (nSPS) is 11.1. The van der Waals surface area contributed by atoms with Crippen molar-refractivity contribution in [1.82, 2.24) is 20.5 Å². The molecule has 0 spiro atoms. The van der Waals surface area contributed by atoms with E-state index >= 15 is 0 Å². The van der Waals surface area contributed by atoms with Crippen LogP contribution >= 0.6 is 0 Å². The van der Waals surface area contributed by atoms with Crippen molar-refractivity contribution in [3.8, 4) is 11.6 Å². The Kier molecular flexibility index (Phi) is 3.62. The molecular weight excluding hydrogens is 288 g/mol. The molecule has 114 valence electrons. The first-order valence-electron chi connectivity index (χ1n) is 7.54. The largest absolute Gasteiger partial charge is 0.418 e. The van der Waals surface area contributed by atoms with Gasteiger partial charge in [-0.05, 0) is 17.7 Å². The average Bonchev–Trinajstić information content (AvgIpc) is 3.22. The van der Waals surface area contributed by atoms with E-state index in [0.717, 1.165) is 23.1 Å². The van der Waals surface area contributed by atoms with Gasteiger partial charge in [0.25, 0.3) is 5.89 Å². The monoisotopic (exact) mass is 304 g/mol. The third-order valence-electron chi connectivity index (χ3n) is 3.68. The standard InChI is InChI=1S/C18H16N4O/c1-2-6-13(7-3-1)11-19-12-17-21-22-18(23-17)16-10-14-8-4-5-9-15(14)20-16/h1-10,19-20H,11-12H2. The molecule has 0 radical (unpaired) electrons. The highest BCUT2D eigenvalue weighted by Crippen LogP contribution is 2.22. The summed E-state index contributed by atoms with van der Waals surface area (Å²) >= 11 is 0. The number of rotatable bonds is 5. The smallest absolute Gasteiger partial charge is 0.264 e. The van der Waals surface area contributed by atoms with E-state index in [1.165, 1.54) is 5.56 Å². The van der Waals surface area contributed by atoms with Gasteiger partial charge in [-0.1, -0.05) is 48.5 Å². The third-order valence-corrected chi connectivity index (χ3v) is 3.68. The van der Waals surface area contributed by atoms with Crippen molar-refractivity contribution in [2.75, 3.05) is 0 Å². The van der Waals surface area contributed by atoms with Crippen LogP contribution < -0.4 is 5.32 Å². The topological polar surface area (TPSA) is 66.7 Å². The molecule has 0 saturated heterocycles. The van der Waals surface area contributed by atoms with Crippen LogP contribution in [0.1, 0.15) is 11.5 Å². The van der Waals surface area contributed by atoms with Gasteiger partial charge in [0.05, 0.1) is 6.54 Å². The highest BCUT2D eigenvalue weighted by atomic mass is 16.4. The fraction of sp³-hybridized carbons (Fsp3) is 0.111. The number of fused-ring (bicyclic) bond motifs is 1. The first-order valence-corrected chi connectivity index (χ1v) is 7.54. The summed E-state index contributed by atoms with van der Waals surface area (Å²) in [5, 5.41) is 12.6. The molecule has 5 nitrogen and oxygen atoms in total. The van der Waals surface area contributed by atoms with Crippen molar-refractivity contribution in [1.29, 1.82) is 0 Å². The molecule has 0 fully saturated rings. The summed E-state index contributed by atoms with van der Waals surface area (Å²) in [5.41, 5.74) is 3.13. The minimum Gasteiger partial charge on any atom is -0.418 e. The van der Waals surface area contributed by atoms with Crippen LogP contribution in [0.5, 0.6) is 0 Å². The minimum absolute atomic E-state index is 0.512. The maximum absolute atomic E-state index is 5.72. The van der Waals surface area contributed by atoms with Crippen molar-refractivity contribution in [2.45, 2.75) is 13.1 Å². The lowest BCUT2D eigenvalue weighted by atomic mass is 10.2. The molecule has 2 aromatic heterocycles. The molecule has 0 saturated carbocycles.